The molecule has 84 valence electrons. The second-order valence-electron chi connectivity index (χ2n) is 3.42. The number of nitrogens with one attached hydrogen (secondary N) is 1. The van der Waals surface area contributed by atoms with Crippen molar-refractivity contribution >= 4 is 5.97 Å². The largest absolute Gasteiger partial charge is 0.468 e. The predicted octanol–water partition coefficient (Wildman–Crippen LogP) is 1.38. The summed E-state index contributed by atoms with van der Waals surface area (Å²) in [4.78, 5) is 10.9. The van der Waals surface area contributed by atoms with Crippen molar-refractivity contribution in [3.8, 4) is 6.07 Å². The fraction of sp³-hybridized carbons (Fsp3) is 0.333. The number of nitriles is 1. The number of benzene rings is 1. The van der Waals surface area contributed by atoms with Crippen LogP contribution in [0.5, 0.6) is 0 Å². The summed E-state index contributed by atoms with van der Waals surface area (Å²) in [5, 5.41) is 11.8. The first-order valence-corrected chi connectivity index (χ1v) is 4.97. The number of rotatable bonds is 4. The van der Waals surface area contributed by atoms with Crippen molar-refractivity contribution in [2.45, 2.75) is 13.0 Å². The van der Waals surface area contributed by atoms with Crippen molar-refractivity contribution in [2.24, 2.45) is 0 Å². The lowest BCUT2D eigenvalue weighted by Gasteiger charge is -2.13. The molecule has 4 heteroatoms. The molecule has 0 radical (unpaired) electrons. The Hall–Kier alpha value is -1.86. The second-order valence-corrected chi connectivity index (χ2v) is 3.42. The van der Waals surface area contributed by atoms with E-state index in [4.69, 9.17) is 5.26 Å². The molecule has 0 bridgehead atoms. The molecule has 0 aliphatic heterocycles. The van der Waals surface area contributed by atoms with E-state index in [0.717, 1.165) is 5.56 Å². The summed E-state index contributed by atoms with van der Waals surface area (Å²) in [6, 6.07) is 9.37. The van der Waals surface area contributed by atoms with Gasteiger partial charge in [0.2, 0.25) is 0 Å². The van der Waals surface area contributed by atoms with Crippen LogP contribution < -0.4 is 5.32 Å². The zero-order valence-corrected chi connectivity index (χ0v) is 9.36. The van der Waals surface area contributed by atoms with Gasteiger partial charge in [-0.25, -0.2) is 0 Å². The van der Waals surface area contributed by atoms with Gasteiger partial charge in [0.15, 0.2) is 0 Å². The number of hydrogen-bond donors (Lipinski definition) is 1. The molecule has 0 saturated heterocycles. The smallest absolute Gasteiger partial charge is 0.319 e. The van der Waals surface area contributed by atoms with Gasteiger partial charge in [0, 0.05) is 6.04 Å². The van der Waals surface area contributed by atoms with Gasteiger partial charge in [-0.15, -0.1) is 0 Å². The minimum Gasteiger partial charge on any atom is -0.468 e. The third kappa shape index (κ3) is 3.37. The first-order chi connectivity index (χ1) is 7.67. The van der Waals surface area contributed by atoms with Gasteiger partial charge in [-0.3, -0.25) is 4.79 Å². The van der Waals surface area contributed by atoms with Gasteiger partial charge in [-0.2, -0.15) is 5.26 Å². The van der Waals surface area contributed by atoms with E-state index >= 15 is 0 Å². The minimum absolute atomic E-state index is 0.00685. The van der Waals surface area contributed by atoms with E-state index in [1.54, 1.807) is 12.1 Å². The molecule has 0 aliphatic carbocycles. The van der Waals surface area contributed by atoms with E-state index in [1.807, 2.05) is 19.1 Å². The molecule has 0 heterocycles. The summed E-state index contributed by atoms with van der Waals surface area (Å²) in [6.45, 7) is 2.09. The third-order valence-electron chi connectivity index (χ3n) is 2.30. The topological polar surface area (TPSA) is 62.1 Å². The number of methoxy groups -OCH3 is 1. The van der Waals surface area contributed by atoms with E-state index < -0.39 is 0 Å². The number of carbonyl (C=O) groups excluding carboxylic acids is 1. The molecule has 1 unspecified atom stereocenters. The monoisotopic (exact) mass is 218 g/mol. The van der Waals surface area contributed by atoms with E-state index in [9.17, 15) is 4.79 Å². The summed E-state index contributed by atoms with van der Waals surface area (Å²) in [5.74, 6) is -0.303. The van der Waals surface area contributed by atoms with Crippen molar-refractivity contribution in [3.05, 3.63) is 35.4 Å². The van der Waals surface area contributed by atoms with Crippen molar-refractivity contribution in [1.29, 1.82) is 5.26 Å². The highest BCUT2D eigenvalue weighted by molar-refractivity contribution is 5.71. The van der Waals surface area contributed by atoms with Crippen LogP contribution in [0.2, 0.25) is 0 Å². The molecule has 0 fully saturated rings. The Bertz CT molecular complexity index is 410. The van der Waals surface area contributed by atoms with E-state index in [-0.39, 0.29) is 18.6 Å². The van der Waals surface area contributed by atoms with Crippen LogP contribution in [0.15, 0.2) is 24.3 Å². The highest BCUT2D eigenvalue weighted by atomic mass is 16.5. The molecule has 0 amide bonds. The average Bonchev–Trinajstić information content (AvgIpc) is 2.35. The zero-order valence-electron chi connectivity index (χ0n) is 9.36. The summed E-state index contributed by atoms with van der Waals surface area (Å²) in [5.41, 5.74) is 1.59. The average molecular weight is 218 g/mol. The van der Waals surface area contributed by atoms with Crippen LogP contribution in [0.4, 0.5) is 0 Å². The number of nitrogens with zero attached hydrogens (tertiary/aromatic N) is 1. The lowest BCUT2D eigenvalue weighted by Crippen LogP contribution is -2.26. The standard InChI is InChI=1S/C12H14N2O2/c1-9(14-8-12(15)16-2)11-5-3-4-10(6-11)7-13/h3-6,9,14H,8H2,1-2H3. The highest BCUT2D eigenvalue weighted by Crippen LogP contribution is 2.13. The molecule has 1 aromatic carbocycles. The van der Waals surface area contributed by atoms with Gasteiger partial charge in [0.25, 0.3) is 0 Å². The van der Waals surface area contributed by atoms with Crippen molar-refractivity contribution in [2.75, 3.05) is 13.7 Å². The normalized spacial score (nSPS) is 11.6. The molecule has 1 atom stereocenters. The van der Waals surface area contributed by atoms with Gasteiger partial charge in [0.05, 0.1) is 25.3 Å². The van der Waals surface area contributed by atoms with E-state index in [0.29, 0.717) is 5.56 Å². The highest BCUT2D eigenvalue weighted by Gasteiger charge is 2.07. The molecule has 1 rings (SSSR count). The summed E-state index contributed by atoms with van der Waals surface area (Å²) in [7, 11) is 1.35. The third-order valence-corrected chi connectivity index (χ3v) is 2.30. The first kappa shape index (κ1) is 12.2. The fourth-order valence-electron chi connectivity index (χ4n) is 1.30. The maximum Gasteiger partial charge on any atom is 0.319 e. The number of hydrogen-bond acceptors (Lipinski definition) is 4. The summed E-state index contributed by atoms with van der Waals surface area (Å²) < 4.78 is 4.53. The van der Waals surface area contributed by atoms with Crippen LogP contribution in [-0.2, 0) is 9.53 Å². The lowest BCUT2D eigenvalue weighted by atomic mass is 10.1. The van der Waals surface area contributed by atoms with Crippen LogP contribution in [0.1, 0.15) is 24.1 Å². The first-order valence-electron chi connectivity index (χ1n) is 4.97. The van der Waals surface area contributed by atoms with Gasteiger partial charge in [-0.05, 0) is 24.6 Å². The molecule has 0 saturated carbocycles. The zero-order chi connectivity index (χ0) is 12.0. The lowest BCUT2D eigenvalue weighted by molar-refractivity contribution is -0.139. The second kappa shape index (κ2) is 5.89. The fourth-order valence-corrected chi connectivity index (χ4v) is 1.30. The molecule has 0 aliphatic rings. The van der Waals surface area contributed by atoms with Crippen molar-refractivity contribution in [1.82, 2.24) is 5.32 Å². The molecule has 4 nitrogen and oxygen atoms in total. The predicted molar refractivity (Wildman–Crippen MR) is 59.6 cm³/mol. The van der Waals surface area contributed by atoms with Gasteiger partial charge in [0.1, 0.15) is 0 Å². The Kier molecular flexibility index (Phi) is 4.49. The molecule has 16 heavy (non-hydrogen) atoms. The van der Waals surface area contributed by atoms with Crippen molar-refractivity contribution in [3.63, 3.8) is 0 Å². The molecular formula is C12H14N2O2. The summed E-state index contributed by atoms with van der Waals surface area (Å²) in [6.07, 6.45) is 0. The number of carbonyl (C=O) groups is 1. The molecular weight excluding hydrogens is 204 g/mol. The van der Waals surface area contributed by atoms with Crippen LogP contribution in [0, 0.1) is 11.3 Å². The Labute approximate surface area is 94.8 Å². The van der Waals surface area contributed by atoms with Gasteiger partial charge in [-0.1, -0.05) is 12.1 Å². The van der Waals surface area contributed by atoms with E-state index in [1.165, 1.54) is 7.11 Å². The van der Waals surface area contributed by atoms with Crippen LogP contribution >= 0.6 is 0 Å². The number of ether oxygens (including phenoxy) is 1. The van der Waals surface area contributed by atoms with Gasteiger partial charge < -0.3 is 10.1 Å². The maximum atomic E-state index is 10.9. The SMILES string of the molecule is COC(=O)CNC(C)c1cccc(C#N)c1. The Balaban J connectivity index is 2.62. The molecule has 0 spiro atoms. The quantitative estimate of drug-likeness (QED) is 0.775. The molecule has 0 aromatic heterocycles. The Morgan fingerprint density at radius 1 is 1.62 bits per heavy atom. The van der Waals surface area contributed by atoms with Gasteiger partial charge >= 0.3 is 5.97 Å². The molecule has 1 aromatic rings. The van der Waals surface area contributed by atoms with E-state index in [2.05, 4.69) is 16.1 Å². The van der Waals surface area contributed by atoms with Crippen LogP contribution in [-0.4, -0.2) is 19.6 Å². The molecule has 1 N–H and O–H groups in total. The minimum atomic E-state index is -0.303. The summed E-state index contributed by atoms with van der Waals surface area (Å²) >= 11 is 0. The van der Waals surface area contributed by atoms with Crippen LogP contribution in [0.3, 0.4) is 0 Å². The Morgan fingerprint density at radius 2 is 2.38 bits per heavy atom. The maximum absolute atomic E-state index is 10.9. The van der Waals surface area contributed by atoms with Crippen LogP contribution in [0.25, 0.3) is 0 Å². The van der Waals surface area contributed by atoms with Crippen molar-refractivity contribution < 1.29 is 9.53 Å². The number of esters is 1. The Morgan fingerprint density at radius 3 is 3.00 bits per heavy atom.